The molecule has 0 radical (unpaired) electrons. The van der Waals surface area contributed by atoms with Crippen LogP contribution >= 0.6 is 34.8 Å². The number of nitrogens with one attached hydrogen (secondary N) is 2. The molecule has 1 saturated heterocycles. The Morgan fingerprint density at radius 1 is 1.28 bits per heavy atom. The molecule has 18 heavy (non-hydrogen) atoms. The first-order chi connectivity index (χ1) is 8.58. The maximum Gasteiger partial charge on any atom is 0.220 e. The number of carbonyl (C=O) groups excluding carboxylic acids is 1. The maximum absolute atomic E-state index is 11.0. The molecule has 2 rings (SSSR count). The molecule has 0 bridgehead atoms. The first-order valence-electron chi connectivity index (χ1n) is 5.70. The molecule has 1 fully saturated rings. The van der Waals surface area contributed by atoms with Crippen LogP contribution in [0.25, 0.3) is 0 Å². The second-order valence-corrected chi connectivity index (χ2v) is 5.45. The molecule has 1 heterocycles. The summed E-state index contributed by atoms with van der Waals surface area (Å²) < 4.78 is 0. The minimum atomic E-state index is 0.112. The molecule has 2 N–H and O–H groups in total. The van der Waals surface area contributed by atoms with Crippen molar-refractivity contribution in [3.05, 3.63) is 32.8 Å². The standard InChI is InChI=1S/C12H13Cl3N2O/c13-9-2-3-10(14)12(15)8(9)6-16-5-7-1-4-11(18)17-7/h2-3,7,16H,1,4-6H2,(H,17,18). The minimum absolute atomic E-state index is 0.112. The molecule has 1 atom stereocenters. The molecular weight excluding hydrogens is 295 g/mol. The summed E-state index contributed by atoms with van der Waals surface area (Å²) in [4.78, 5) is 11.0. The van der Waals surface area contributed by atoms with E-state index >= 15 is 0 Å². The van der Waals surface area contributed by atoms with E-state index in [0.717, 1.165) is 12.0 Å². The van der Waals surface area contributed by atoms with Crippen molar-refractivity contribution in [3.8, 4) is 0 Å². The van der Waals surface area contributed by atoms with Gasteiger partial charge in [-0.3, -0.25) is 4.79 Å². The van der Waals surface area contributed by atoms with E-state index in [4.69, 9.17) is 34.8 Å². The smallest absolute Gasteiger partial charge is 0.220 e. The second kappa shape index (κ2) is 6.11. The van der Waals surface area contributed by atoms with E-state index in [1.165, 1.54) is 0 Å². The van der Waals surface area contributed by atoms with Crippen LogP contribution in [0.15, 0.2) is 12.1 Å². The molecule has 1 unspecified atom stereocenters. The molecular formula is C12H13Cl3N2O. The highest BCUT2D eigenvalue weighted by molar-refractivity contribution is 6.44. The highest BCUT2D eigenvalue weighted by atomic mass is 35.5. The van der Waals surface area contributed by atoms with E-state index in [1.807, 2.05) is 0 Å². The third kappa shape index (κ3) is 3.29. The molecule has 1 aliphatic heterocycles. The van der Waals surface area contributed by atoms with Crippen LogP contribution in [0.4, 0.5) is 0 Å². The van der Waals surface area contributed by atoms with Crippen molar-refractivity contribution in [2.75, 3.05) is 6.54 Å². The molecule has 3 nitrogen and oxygen atoms in total. The van der Waals surface area contributed by atoms with E-state index < -0.39 is 0 Å². The average molecular weight is 308 g/mol. The van der Waals surface area contributed by atoms with E-state index in [-0.39, 0.29) is 11.9 Å². The molecule has 98 valence electrons. The molecule has 0 aliphatic carbocycles. The van der Waals surface area contributed by atoms with Gasteiger partial charge in [-0.15, -0.1) is 0 Å². The van der Waals surface area contributed by atoms with Crippen molar-refractivity contribution < 1.29 is 4.79 Å². The normalized spacial score (nSPS) is 19.1. The SMILES string of the molecule is O=C1CCC(CNCc2c(Cl)ccc(Cl)c2Cl)N1. The van der Waals surface area contributed by atoms with Crippen molar-refractivity contribution in [1.82, 2.24) is 10.6 Å². The predicted molar refractivity (Wildman–Crippen MR) is 74.3 cm³/mol. The van der Waals surface area contributed by atoms with Crippen molar-refractivity contribution in [2.45, 2.75) is 25.4 Å². The summed E-state index contributed by atoms with van der Waals surface area (Å²) in [6.07, 6.45) is 1.47. The van der Waals surface area contributed by atoms with Crippen LogP contribution in [0.1, 0.15) is 18.4 Å². The molecule has 1 aliphatic rings. The summed E-state index contributed by atoms with van der Waals surface area (Å²) in [6.45, 7) is 1.23. The molecule has 0 spiro atoms. The number of rotatable bonds is 4. The van der Waals surface area contributed by atoms with Crippen molar-refractivity contribution in [1.29, 1.82) is 0 Å². The van der Waals surface area contributed by atoms with Gasteiger partial charge in [0, 0.05) is 36.1 Å². The number of amides is 1. The fourth-order valence-electron chi connectivity index (χ4n) is 1.93. The number of carbonyl (C=O) groups is 1. The molecule has 1 aromatic rings. The molecule has 1 aromatic carbocycles. The summed E-state index contributed by atoms with van der Waals surface area (Å²) in [5.41, 5.74) is 0.787. The van der Waals surface area contributed by atoms with Gasteiger partial charge in [0.05, 0.1) is 10.0 Å². The third-order valence-corrected chi connectivity index (χ3v) is 4.11. The molecule has 6 heteroatoms. The molecule has 0 aromatic heterocycles. The highest BCUT2D eigenvalue weighted by Gasteiger charge is 2.20. The topological polar surface area (TPSA) is 41.1 Å². The van der Waals surface area contributed by atoms with Crippen LogP contribution in [0.3, 0.4) is 0 Å². The van der Waals surface area contributed by atoms with Gasteiger partial charge in [0.2, 0.25) is 5.91 Å². The Morgan fingerprint density at radius 3 is 2.67 bits per heavy atom. The summed E-state index contributed by atoms with van der Waals surface area (Å²) in [7, 11) is 0. The van der Waals surface area contributed by atoms with Crippen LogP contribution < -0.4 is 10.6 Å². The van der Waals surface area contributed by atoms with Gasteiger partial charge >= 0.3 is 0 Å². The third-order valence-electron chi connectivity index (χ3n) is 2.92. The fraction of sp³-hybridized carbons (Fsp3) is 0.417. The van der Waals surface area contributed by atoms with Crippen LogP contribution in [-0.2, 0) is 11.3 Å². The Hall–Kier alpha value is -0.480. The summed E-state index contributed by atoms with van der Waals surface area (Å²) in [5.74, 6) is 0.112. The lowest BCUT2D eigenvalue weighted by Gasteiger charge is -2.13. The maximum atomic E-state index is 11.0. The van der Waals surface area contributed by atoms with E-state index in [2.05, 4.69) is 10.6 Å². The Bertz CT molecular complexity index is 465. The van der Waals surface area contributed by atoms with Gasteiger partial charge < -0.3 is 10.6 Å². The Kier molecular flexibility index (Phi) is 4.73. The van der Waals surface area contributed by atoms with Gasteiger partial charge in [0.25, 0.3) is 0 Å². The highest BCUT2D eigenvalue weighted by Crippen LogP contribution is 2.31. The molecule has 1 amide bonds. The Balaban J connectivity index is 1.90. The number of hydrogen-bond donors (Lipinski definition) is 2. The average Bonchev–Trinajstić information content (AvgIpc) is 2.74. The zero-order valence-electron chi connectivity index (χ0n) is 9.60. The van der Waals surface area contributed by atoms with Crippen LogP contribution in [0.2, 0.25) is 15.1 Å². The van der Waals surface area contributed by atoms with Crippen molar-refractivity contribution >= 4 is 40.7 Å². The largest absolute Gasteiger partial charge is 0.352 e. The van der Waals surface area contributed by atoms with Gasteiger partial charge in [0.1, 0.15) is 0 Å². The van der Waals surface area contributed by atoms with Crippen molar-refractivity contribution in [3.63, 3.8) is 0 Å². The summed E-state index contributed by atoms with van der Waals surface area (Å²) in [5, 5.41) is 7.68. The molecule has 0 saturated carbocycles. The predicted octanol–water partition coefficient (Wildman–Crippen LogP) is 3.02. The zero-order chi connectivity index (χ0) is 13.1. The number of hydrogen-bond acceptors (Lipinski definition) is 2. The number of benzene rings is 1. The lowest BCUT2D eigenvalue weighted by atomic mass is 10.2. The first kappa shape index (κ1) is 13.9. The quantitative estimate of drug-likeness (QED) is 0.840. The summed E-state index contributed by atoms with van der Waals surface area (Å²) >= 11 is 18.1. The minimum Gasteiger partial charge on any atom is -0.352 e. The zero-order valence-corrected chi connectivity index (χ0v) is 11.9. The van der Waals surface area contributed by atoms with E-state index in [9.17, 15) is 4.79 Å². The Labute approximate surface area is 121 Å². The van der Waals surface area contributed by atoms with Crippen LogP contribution in [-0.4, -0.2) is 18.5 Å². The van der Waals surface area contributed by atoms with Crippen LogP contribution in [0.5, 0.6) is 0 Å². The fourth-order valence-corrected chi connectivity index (χ4v) is 2.61. The van der Waals surface area contributed by atoms with Gasteiger partial charge in [0.15, 0.2) is 0 Å². The lowest BCUT2D eigenvalue weighted by Crippen LogP contribution is -2.35. The lowest BCUT2D eigenvalue weighted by molar-refractivity contribution is -0.119. The number of halogens is 3. The van der Waals surface area contributed by atoms with Gasteiger partial charge in [-0.2, -0.15) is 0 Å². The van der Waals surface area contributed by atoms with Gasteiger partial charge in [-0.1, -0.05) is 34.8 Å². The first-order valence-corrected chi connectivity index (χ1v) is 6.84. The monoisotopic (exact) mass is 306 g/mol. The Morgan fingerprint density at radius 2 is 2.00 bits per heavy atom. The summed E-state index contributed by atoms with van der Waals surface area (Å²) in [6, 6.07) is 3.59. The van der Waals surface area contributed by atoms with Gasteiger partial charge in [-0.25, -0.2) is 0 Å². The van der Waals surface area contributed by atoms with Crippen molar-refractivity contribution in [2.24, 2.45) is 0 Å². The van der Waals surface area contributed by atoms with Gasteiger partial charge in [-0.05, 0) is 18.6 Å². The van der Waals surface area contributed by atoms with Crippen LogP contribution in [0, 0.1) is 0 Å². The van der Waals surface area contributed by atoms with E-state index in [1.54, 1.807) is 12.1 Å². The van der Waals surface area contributed by atoms with E-state index in [0.29, 0.717) is 34.6 Å². The second-order valence-electron chi connectivity index (χ2n) is 4.26.